The fraction of sp³-hybridized carbons (Fsp3) is 0.244. The molecule has 0 N–H and O–H groups in total. The molecule has 0 fully saturated rings. The highest BCUT2D eigenvalue weighted by Gasteiger charge is 2.48. The van der Waals surface area contributed by atoms with Crippen LogP contribution in [0.25, 0.3) is 0 Å². The molecule has 0 aromatic heterocycles. The third-order valence-electron chi connectivity index (χ3n) is 9.52. The summed E-state index contributed by atoms with van der Waals surface area (Å²) in [5.74, 6) is 0.152. The maximum absolute atomic E-state index is 13.8. The Hall–Kier alpha value is -4.43. The first-order valence-corrected chi connectivity index (χ1v) is 15.4. The van der Waals surface area contributed by atoms with Gasteiger partial charge in [-0.3, -0.25) is 4.79 Å². The lowest BCUT2D eigenvalue weighted by Crippen LogP contribution is -2.55. The Morgan fingerprint density at radius 3 is 1.63 bits per heavy atom. The molecule has 0 bridgehead atoms. The summed E-state index contributed by atoms with van der Waals surface area (Å²) >= 11 is 0. The first kappa shape index (κ1) is 28.7. The van der Waals surface area contributed by atoms with Crippen LogP contribution >= 0.6 is 0 Å². The van der Waals surface area contributed by atoms with Crippen LogP contribution in [0.15, 0.2) is 133 Å². The summed E-state index contributed by atoms with van der Waals surface area (Å²) < 4.78 is 0. The number of carbonyl (C=O) groups excluding carboxylic acids is 1. The van der Waals surface area contributed by atoms with Crippen molar-refractivity contribution in [3.05, 3.63) is 172 Å². The molecule has 6 rings (SSSR count). The van der Waals surface area contributed by atoms with Crippen LogP contribution in [0.4, 0.5) is 5.69 Å². The largest absolute Gasteiger partial charge is 0.307 e. The van der Waals surface area contributed by atoms with Crippen LogP contribution in [0.2, 0.25) is 0 Å². The van der Waals surface area contributed by atoms with E-state index in [2.05, 4.69) is 166 Å². The molecule has 2 nitrogen and oxygen atoms in total. The van der Waals surface area contributed by atoms with E-state index in [9.17, 15) is 4.79 Å². The van der Waals surface area contributed by atoms with Crippen LogP contribution in [0, 0.1) is 6.92 Å². The van der Waals surface area contributed by atoms with Crippen LogP contribution in [0.1, 0.15) is 79.5 Å². The van der Waals surface area contributed by atoms with Crippen molar-refractivity contribution in [1.29, 1.82) is 0 Å². The van der Waals surface area contributed by atoms with Gasteiger partial charge in [-0.25, -0.2) is 0 Å². The van der Waals surface area contributed by atoms with Gasteiger partial charge in [0.15, 0.2) is 0 Å². The minimum absolute atomic E-state index is 0.152. The average molecular weight is 564 g/mol. The molecule has 0 unspecified atom stereocenters. The molecule has 0 aliphatic carbocycles. The molecule has 5 aromatic rings. The molecule has 1 aliphatic rings. The second-order valence-electron chi connectivity index (χ2n) is 12.9. The molecule has 1 amide bonds. The predicted molar refractivity (Wildman–Crippen MR) is 179 cm³/mol. The van der Waals surface area contributed by atoms with E-state index in [4.69, 9.17) is 0 Å². The van der Waals surface area contributed by atoms with Gasteiger partial charge in [-0.05, 0) is 66.6 Å². The van der Waals surface area contributed by atoms with E-state index in [-0.39, 0.29) is 16.9 Å². The van der Waals surface area contributed by atoms with E-state index in [1.54, 1.807) is 0 Å². The number of hydrogen-bond donors (Lipinski definition) is 0. The third-order valence-corrected chi connectivity index (χ3v) is 9.52. The molecule has 0 saturated heterocycles. The number of anilines is 1. The molecule has 0 radical (unpaired) electrons. The van der Waals surface area contributed by atoms with Crippen molar-refractivity contribution in [2.45, 2.75) is 63.8 Å². The van der Waals surface area contributed by atoms with Crippen LogP contribution in [0.3, 0.4) is 0 Å². The lowest BCUT2D eigenvalue weighted by Gasteiger charge is -2.52. The van der Waals surface area contributed by atoms with Gasteiger partial charge in [0, 0.05) is 23.1 Å². The van der Waals surface area contributed by atoms with Gasteiger partial charge in [-0.1, -0.05) is 147 Å². The fourth-order valence-electron chi connectivity index (χ4n) is 7.66. The third kappa shape index (κ3) is 4.70. The second-order valence-corrected chi connectivity index (χ2v) is 12.9. The molecule has 43 heavy (non-hydrogen) atoms. The first-order chi connectivity index (χ1) is 20.7. The summed E-state index contributed by atoms with van der Waals surface area (Å²) in [4.78, 5) is 15.9. The van der Waals surface area contributed by atoms with Gasteiger partial charge < -0.3 is 4.90 Å². The predicted octanol–water partition coefficient (Wildman–Crippen LogP) is 9.61. The fourth-order valence-corrected chi connectivity index (χ4v) is 7.66. The highest BCUT2D eigenvalue weighted by molar-refractivity contribution is 5.97. The van der Waals surface area contributed by atoms with Crippen molar-refractivity contribution in [3.8, 4) is 0 Å². The van der Waals surface area contributed by atoms with Gasteiger partial charge in [-0.15, -0.1) is 0 Å². The molecule has 1 aliphatic heterocycles. The van der Waals surface area contributed by atoms with Crippen molar-refractivity contribution in [3.63, 3.8) is 0 Å². The number of fused-ring (bicyclic) bond motifs is 1. The number of rotatable bonds is 6. The monoisotopic (exact) mass is 563 g/mol. The van der Waals surface area contributed by atoms with Gasteiger partial charge in [0.1, 0.15) is 0 Å². The molecular formula is C41H41NO. The Morgan fingerprint density at radius 1 is 0.674 bits per heavy atom. The normalized spacial score (nSPS) is 17.7. The van der Waals surface area contributed by atoms with Crippen LogP contribution in [-0.4, -0.2) is 11.4 Å². The number of amides is 1. The molecule has 2 heteroatoms. The van der Waals surface area contributed by atoms with Gasteiger partial charge in [0.25, 0.3) is 0 Å². The Bertz CT molecular complexity index is 1630. The Morgan fingerprint density at radius 2 is 1.16 bits per heavy atom. The Kier molecular flexibility index (Phi) is 7.34. The minimum Gasteiger partial charge on any atom is -0.307 e. The molecule has 216 valence electrons. The van der Waals surface area contributed by atoms with E-state index in [0.717, 1.165) is 17.7 Å². The van der Waals surface area contributed by atoms with Crippen molar-refractivity contribution >= 4 is 11.6 Å². The van der Waals surface area contributed by atoms with Crippen LogP contribution < -0.4 is 4.90 Å². The summed E-state index contributed by atoms with van der Waals surface area (Å²) in [6.07, 6.45) is 1.29. The molecule has 5 aromatic carbocycles. The smallest absolute Gasteiger partial charge is 0.227 e. The maximum Gasteiger partial charge on any atom is 0.227 e. The van der Waals surface area contributed by atoms with Crippen LogP contribution in [0.5, 0.6) is 0 Å². The number of benzene rings is 5. The summed E-state index contributed by atoms with van der Waals surface area (Å²) in [5, 5.41) is 0. The molecule has 1 atom stereocenters. The Balaban J connectivity index is 1.71. The quantitative estimate of drug-likeness (QED) is 0.188. The zero-order chi connectivity index (χ0) is 30.2. The standard InChI is InChI=1S/C41H41NO/c1-6-38(43)42-37-28-35(26-27-36(37)40(5,29-39(42,3)4)31-24-22-30(2)23-25-31)41(32-16-10-7-11-17-32,33-18-12-8-13-19-33)34-20-14-9-15-21-34/h7-28H,6,29H2,1-5H3/t40-/m0/s1. The van der Waals surface area contributed by atoms with Gasteiger partial charge in [-0.2, -0.15) is 0 Å². The van der Waals surface area contributed by atoms with Crippen LogP contribution in [-0.2, 0) is 15.6 Å². The lowest BCUT2D eigenvalue weighted by molar-refractivity contribution is -0.119. The SMILES string of the molecule is CCC(=O)N1c2cc(C(c3ccccc3)(c3ccccc3)c3ccccc3)ccc2[C@](C)(c2ccc(C)cc2)CC1(C)C. The van der Waals surface area contributed by atoms with E-state index in [0.29, 0.717) is 6.42 Å². The van der Waals surface area contributed by atoms with Gasteiger partial charge >= 0.3 is 0 Å². The number of hydrogen-bond acceptors (Lipinski definition) is 1. The summed E-state index contributed by atoms with van der Waals surface area (Å²) in [7, 11) is 0. The molecule has 1 heterocycles. The maximum atomic E-state index is 13.8. The summed E-state index contributed by atoms with van der Waals surface area (Å²) in [6.45, 7) is 10.9. The highest BCUT2D eigenvalue weighted by atomic mass is 16.2. The van der Waals surface area contributed by atoms with E-state index in [1.165, 1.54) is 33.4 Å². The van der Waals surface area contributed by atoms with Crippen molar-refractivity contribution < 1.29 is 4.79 Å². The lowest BCUT2D eigenvalue weighted by atomic mass is 9.62. The zero-order valence-electron chi connectivity index (χ0n) is 26.0. The number of carbonyl (C=O) groups is 1. The molecule has 0 saturated carbocycles. The average Bonchev–Trinajstić information content (AvgIpc) is 3.02. The first-order valence-electron chi connectivity index (χ1n) is 15.4. The number of aryl methyl sites for hydroxylation is 1. The van der Waals surface area contributed by atoms with Crippen molar-refractivity contribution in [2.24, 2.45) is 0 Å². The van der Waals surface area contributed by atoms with E-state index >= 15 is 0 Å². The summed E-state index contributed by atoms with van der Waals surface area (Å²) in [5.41, 5.74) is 8.24. The van der Waals surface area contributed by atoms with Gasteiger partial charge in [0.05, 0.1) is 5.41 Å². The molecular weight excluding hydrogens is 522 g/mol. The Labute approximate surface area is 257 Å². The zero-order valence-corrected chi connectivity index (χ0v) is 26.0. The van der Waals surface area contributed by atoms with Crippen molar-refractivity contribution in [1.82, 2.24) is 0 Å². The molecule has 0 spiro atoms. The topological polar surface area (TPSA) is 20.3 Å². The second kappa shape index (κ2) is 11.0. The van der Waals surface area contributed by atoms with E-state index in [1.807, 2.05) is 6.92 Å². The van der Waals surface area contributed by atoms with Gasteiger partial charge in [0.2, 0.25) is 5.91 Å². The summed E-state index contributed by atoms with van der Waals surface area (Å²) in [6, 6.07) is 48.2. The minimum atomic E-state index is -0.582. The van der Waals surface area contributed by atoms with E-state index < -0.39 is 5.41 Å². The number of nitrogens with zero attached hydrogens (tertiary/aromatic N) is 1. The highest BCUT2D eigenvalue weighted by Crippen LogP contribution is 2.53. The van der Waals surface area contributed by atoms with Crippen molar-refractivity contribution in [2.75, 3.05) is 4.90 Å².